The van der Waals surface area contributed by atoms with Gasteiger partial charge in [0.15, 0.2) is 0 Å². The van der Waals surface area contributed by atoms with Crippen molar-refractivity contribution in [2.45, 2.75) is 6.92 Å². The molecule has 1 heterocycles. The topological polar surface area (TPSA) is 63.0 Å². The molecule has 5 heteroatoms. The molecule has 0 spiro atoms. The molecule has 2 rings (SSSR count). The number of carbonyl (C=O) groups is 1. The fourth-order valence-electron chi connectivity index (χ4n) is 1.76. The Morgan fingerprint density at radius 2 is 2.20 bits per heavy atom. The number of ether oxygens (including phenoxy) is 1. The molecule has 0 amide bonds. The van der Waals surface area contributed by atoms with E-state index in [1.54, 1.807) is 19.1 Å². The van der Waals surface area contributed by atoms with Crippen molar-refractivity contribution in [3.8, 4) is 17.3 Å². The number of halogens is 1. The third-order valence-electron chi connectivity index (χ3n) is 2.64. The van der Waals surface area contributed by atoms with E-state index >= 15 is 0 Å². The molecule has 0 unspecified atom stereocenters. The van der Waals surface area contributed by atoms with E-state index in [4.69, 9.17) is 10.00 Å². The van der Waals surface area contributed by atoms with E-state index in [1.807, 2.05) is 6.07 Å². The summed E-state index contributed by atoms with van der Waals surface area (Å²) in [5.41, 5.74) is 0.657. The Bertz CT molecular complexity index is 693. The van der Waals surface area contributed by atoms with Crippen molar-refractivity contribution in [2.24, 2.45) is 0 Å². The predicted octanol–water partition coefficient (Wildman–Crippen LogP) is 2.94. The molecule has 20 heavy (non-hydrogen) atoms. The van der Waals surface area contributed by atoms with Gasteiger partial charge >= 0.3 is 5.97 Å². The molecule has 1 aromatic carbocycles. The van der Waals surface area contributed by atoms with E-state index in [-0.39, 0.29) is 29.0 Å². The van der Waals surface area contributed by atoms with Gasteiger partial charge in [-0.05, 0) is 25.1 Å². The minimum atomic E-state index is -0.629. The van der Waals surface area contributed by atoms with Crippen LogP contribution in [0.4, 0.5) is 4.39 Å². The summed E-state index contributed by atoms with van der Waals surface area (Å²) >= 11 is 0. The lowest BCUT2D eigenvalue weighted by molar-refractivity contribution is 0.0527. The summed E-state index contributed by atoms with van der Waals surface area (Å²) < 4.78 is 18.7. The molecule has 0 saturated carbocycles. The normalized spacial score (nSPS) is 9.85. The second kappa shape index (κ2) is 5.93. The summed E-state index contributed by atoms with van der Waals surface area (Å²) in [6, 6.07) is 9.24. The van der Waals surface area contributed by atoms with Crippen LogP contribution in [0.1, 0.15) is 22.8 Å². The monoisotopic (exact) mass is 270 g/mol. The van der Waals surface area contributed by atoms with Crippen molar-refractivity contribution in [2.75, 3.05) is 6.61 Å². The summed E-state index contributed by atoms with van der Waals surface area (Å²) in [5, 5.41) is 8.87. The molecule has 2 aromatic rings. The Morgan fingerprint density at radius 3 is 2.85 bits per heavy atom. The number of nitriles is 1. The molecule has 4 nitrogen and oxygen atoms in total. The van der Waals surface area contributed by atoms with Gasteiger partial charge in [-0.2, -0.15) is 5.26 Å². The summed E-state index contributed by atoms with van der Waals surface area (Å²) in [6.45, 7) is 1.86. The number of esters is 1. The molecule has 1 aromatic heterocycles. The van der Waals surface area contributed by atoms with E-state index < -0.39 is 11.8 Å². The van der Waals surface area contributed by atoms with Crippen LogP contribution in [0.2, 0.25) is 0 Å². The van der Waals surface area contributed by atoms with Gasteiger partial charge < -0.3 is 4.74 Å². The van der Waals surface area contributed by atoms with Crippen molar-refractivity contribution in [3.63, 3.8) is 0 Å². The first kappa shape index (κ1) is 13.7. The first-order valence-electron chi connectivity index (χ1n) is 5.99. The van der Waals surface area contributed by atoms with Gasteiger partial charge in [-0.15, -0.1) is 0 Å². The van der Waals surface area contributed by atoms with Crippen LogP contribution in [-0.2, 0) is 4.74 Å². The Labute approximate surface area is 115 Å². The fourth-order valence-corrected chi connectivity index (χ4v) is 1.76. The average molecular weight is 270 g/mol. The molecular formula is C15H11FN2O2. The number of hydrogen-bond acceptors (Lipinski definition) is 4. The van der Waals surface area contributed by atoms with Crippen LogP contribution in [0.5, 0.6) is 0 Å². The zero-order valence-corrected chi connectivity index (χ0v) is 10.8. The first-order chi connectivity index (χ1) is 9.67. The van der Waals surface area contributed by atoms with Gasteiger partial charge in [0.25, 0.3) is 0 Å². The van der Waals surface area contributed by atoms with Gasteiger partial charge in [-0.1, -0.05) is 12.1 Å². The van der Waals surface area contributed by atoms with E-state index in [9.17, 15) is 9.18 Å². The molecule has 0 radical (unpaired) electrons. The summed E-state index contributed by atoms with van der Waals surface area (Å²) in [4.78, 5) is 15.9. The van der Waals surface area contributed by atoms with Crippen molar-refractivity contribution in [3.05, 3.63) is 53.5 Å². The smallest absolute Gasteiger partial charge is 0.340 e. The van der Waals surface area contributed by atoms with E-state index in [1.165, 1.54) is 24.4 Å². The second-order valence-corrected chi connectivity index (χ2v) is 3.93. The number of hydrogen-bond donors (Lipinski definition) is 0. The van der Waals surface area contributed by atoms with E-state index in [0.717, 1.165) is 0 Å². The number of carbonyl (C=O) groups excluding carboxylic acids is 1. The van der Waals surface area contributed by atoms with Crippen LogP contribution in [-0.4, -0.2) is 17.6 Å². The Hall–Kier alpha value is -2.74. The molecule has 0 bridgehead atoms. The lowest BCUT2D eigenvalue weighted by atomic mass is 10.0. The lowest BCUT2D eigenvalue weighted by Crippen LogP contribution is -2.08. The third kappa shape index (κ3) is 2.64. The number of aromatic nitrogens is 1. The molecular weight excluding hydrogens is 259 g/mol. The quantitative estimate of drug-likeness (QED) is 0.804. The number of rotatable bonds is 3. The lowest BCUT2D eigenvalue weighted by Gasteiger charge is -2.09. The summed E-state index contributed by atoms with van der Waals surface area (Å²) in [7, 11) is 0. The van der Waals surface area contributed by atoms with Gasteiger partial charge in [0.05, 0.1) is 23.4 Å². The largest absolute Gasteiger partial charge is 0.462 e. The SMILES string of the molecule is CCOC(=O)c1cc(C#N)cnc1-c1ccccc1F. The van der Waals surface area contributed by atoms with Crippen LogP contribution < -0.4 is 0 Å². The highest BCUT2D eigenvalue weighted by Crippen LogP contribution is 2.25. The molecule has 0 fully saturated rings. The molecule has 0 aliphatic rings. The first-order valence-corrected chi connectivity index (χ1v) is 5.99. The van der Waals surface area contributed by atoms with Crippen molar-refractivity contribution in [1.29, 1.82) is 5.26 Å². The van der Waals surface area contributed by atoms with Crippen molar-refractivity contribution in [1.82, 2.24) is 4.98 Å². The third-order valence-corrected chi connectivity index (χ3v) is 2.64. The van der Waals surface area contributed by atoms with E-state index in [0.29, 0.717) is 0 Å². The highest BCUT2D eigenvalue weighted by Gasteiger charge is 2.18. The van der Waals surface area contributed by atoms with Crippen LogP contribution >= 0.6 is 0 Å². The molecule has 0 aliphatic heterocycles. The molecule has 0 saturated heterocycles. The highest BCUT2D eigenvalue weighted by atomic mass is 19.1. The van der Waals surface area contributed by atoms with Crippen LogP contribution in [0.15, 0.2) is 36.5 Å². The maximum absolute atomic E-state index is 13.8. The van der Waals surface area contributed by atoms with Gasteiger partial charge in [0.1, 0.15) is 11.9 Å². The molecule has 0 aliphatic carbocycles. The van der Waals surface area contributed by atoms with Crippen LogP contribution in [0, 0.1) is 17.1 Å². The van der Waals surface area contributed by atoms with E-state index in [2.05, 4.69) is 4.98 Å². The highest BCUT2D eigenvalue weighted by molar-refractivity contribution is 5.96. The van der Waals surface area contributed by atoms with Crippen molar-refractivity contribution >= 4 is 5.97 Å². The number of nitrogens with zero attached hydrogens (tertiary/aromatic N) is 2. The molecule has 0 atom stereocenters. The zero-order valence-electron chi connectivity index (χ0n) is 10.8. The van der Waals surface area contributed by atoms with Gasteiger partial charge in [0.2, 0.25) is 0 Å². The number of benzene rings is 1. The van der Waals surface area contributed by atoms with Crippen LogP contribution in [0.3, 0.4) is 0 Å². The van der Waals surface area contributed by atoms with Crippen LogP contribution in [0.25, 0.3) is 11.3 Å². The second-order valence-electron chi connectivity index (χ2n) is 3.93. The predicted molar refractivity (Wildman–Crippen MR) is 70.3 cm³/mol. The fraction of sp³-hybridized carbons (Fsp3) is 0.133. The van der Waals surface area contributed by atoms with Gasteiger partial charge in [-0.25, -0.2) is 9.18 Å². The minimum absolute atomic E-state index is 0.0796. The Balaban J connectivity index is 2.61. The summed E-state index contributed by atoms with van der Waals surface area (Å²) in [6.07, 6.45) is 1.30. The summed E-state index contributed by atoms with van der Waals surface area (Å²) in [5.74, 6) is -1.12. The van der Waals surface area contributed by atoms with Gasteiger partial charge in [0, 0.05) is 11.8 Å². The number of pyridine rings is 1. The Kier molecular flexibility index (Phi) is 4.06. The van der Waals surface area contributed by atoms with Crippen molar-refractivity contribution < 1.29 is 13.9 Å². The maximum atomic E-state index is 13.8. The zero-order chi connectivity index (χ0) is 14.5. The Morgan fingerprint density at radius 1 is 1.45 bits per heavy atom. The molecule has 0 N–H and O–H groups in total. The maximum Gasteiger partial charge on any atom is 0.340 e. The van der Waals surface area contributed by atoms with Gasteiger partial charge in [-0.3, -0.25) is 4.98 Å². The minimum Gasteiger partial charge on any atom is -0.462 e. The standard InChI is InChI=1S/C15H11FN2O2/c1-2-20-15(19)12-7-10(8-17)9-18-14(12)11-5-3-4-6-13(11)16/h3-7,9H,2H2,1H3. The molecule has 100 valence electrons. The average Bonchev–Trinajstić information content (AvgIpc) is 2.47.